The molecule has 0 aliphatic heterocycles. The van der Waals surface area contributed by atoms with Crippen LogP contribution >= 0.6 is 0 Å². The molecule has 0 saturated heterocycles. The maximum atomic E-state index is 13.4. The van der Waals surface area contributed by atoms with Gasteiger partial charge in [-0.1, -0.05) is 32.0 Å². The average molecular weight is 280 g/mol. The van der Waals surface area contributed by atoms with Crippen molar-refractivity contribution in [3.63, 3.8) is 0 Å². The molecule has 0 spiro atoms. The van der Waals surface area contributed by atoms with E-state index in [1.54, 1.807) is 18.2 Å². The quantitative estimate of drug-likeness (QED) is 0.866. The lowest BCUT2D eigenvalue weighted by atomic mass is 10.2. The number of hydrogen-bond donors (Lipinski definition) is 1. The van der Waals surface area contributed by atoms with Gasteiger partial charge in [0.25, 0.3) is 0 Å². The van der Waals surface area contributed by atoms with Crippen LogP contribution in [0.15, 0.2) is 24.3 Å². The molecule has 5 heteroatoms. The van der Waals surface area contributed by atoms with Crippen molar-refractivity contribution in [2.45, 2.75) is 27.3 Å². The third kappa shape index (κ3) is 5.38. The van der Waals surface area contributed by atoms with Gasteiger partial charge in [0.15, 0.2) is 0 Å². The molecular weight excluding hydrogens is 259 g/mol. The van der Waals surface area contributed by atoms with Crippen LogP contribution in [0.2, 0.25) is 0 Å². The summed E-state index contributed by atoms with van der Waals surface area (Å²) in [5.74, 6) is -0.486. The van der Waals surface area contributed by atoms with Gasteiger partial charge >= 0.3 is 0 Å². The number of carbonyl (C=O) groups excluding carboxylic acids is 2. The summed E-state index contributed by atoms with van der Waals surface area (Å²) in [5.41, 5.74) is 0.430. The molecule has 20 heavy (non-hydrogen) atoms. The summed E-state index contributed by atoms with van der Waals surface area (Å²) in [4.78, 5) is 24.7. The van der Waals surface area contributed by atoms with Crippen LogP contribution in [0.3, 0.4) is 0 Å². The highest BCUT2D eigenvalue weighted by atomic mass is 19.1. The Labute approximate surface area is 119 Å². The molecule has 0 bridgehead atoms. The maximum Gasteiger partial charge on any atom is 0.239 e. The Morgan fingerprint density at radius 1 is 1.30 bits per heavy atom. The molecule has 0 atom stereocenters. The average Bonchev–Trinajstić information content (AvgIpc) is 2.36. The van der Waals surface area contributed by atoms with E-state index in [9.17, 15) is 14.0 Å². The van der Waals surface area contributed by atoms with Crippen molar-refractivity contribution >= 4 is 11.8 Å². The third-order valence-electron chi connectivity index (χ3n) is 2.80. The smallest absolute Gasteiger partial charge is 0.239 e. The van der Waals surface area contributed by atoms with Gasteiger partial charge in [0, 0.05) is 25.6 Å². The summed E-state index contributed by atoms with van der Waals surface area (Å²) in [7, 11) is 0. The molecule has 4 nitrogen and oxygen atoms in total. The first kappa shape index (κ1) is 16.1. The third-order valence-corrected chi connectivity index (χ3v) is 2.80. The number of nitrogens with one attached hydrogen (secondary N) is 1. The first-order valence-electron chi connectivity index (χ1n) is 6.65. The Balaban J connectivity index is 2.50. The van der Waals surface area contributed by atoms with Gasteiger partial charge in [-0.15, -0.1) is 0 Å². The van der Waals surface area contributed by atoms with Gasteiger partial charge in [-0.25, -0.2) is 4.39 Å². The van der Waals surface area contributed by atoms with Crippen LogP contribution < -0.4 is 5.32 Å². The van der Waals surface area contributed by atoms with Crippen molar-refractivity contribution in [2.75, 3.05) is 13.1 Å². The Hall–Kier alpha value is -1.91. The maximum absolute atomic E-state index is 13.4. The number of hydrogen-bond acceptors (Lipinski definition) is 2. The molecule has 0 heterocycles. The molecule has 1 rings (SSSR count). The van der Waals surface area contributed by atoms with Crippen LogP contribution in [-0.2, 0) is 16.1 Å². The number of nitrogens with zero attached hydrogens (tertiary/aromatic N) is 1. The van der Waals surface area contributed by atoms with E-state index in [1.807, 2.05) is 13.8 Å². The van der Waals surface area contributed by atoms with Crippen molar-refractivity contribution in [1.29, 1.82) is 0 Å². The molecule has 0 saturated carbocycles. The molecule has 0 radical (unpaired) electrons. The van der Waals surface area contributed by atoms with Crippen molar-refractivity contribution in [3.05, 3.63) is 35.6 Å². The molecule has 1 aromatic rings. The lowest BCUT2D eigenvalue weighted by molar-refractivity contribution is -0.134. The van der Waals surface area contributed by atoms with Crippen LogP contribution in [0.5, 0.6) is 0 Å². The van der Waals surface area contributed by atoms with Gasteiger partial charge in [-0.05, 0) is 12.0 Å². The second-order valence-corrected chi connectivity index (χ2v) is 5.16. The Bertz CT molecular complexity index is 475. The Morgan fingerprint density at radius 2 is 1.95 bits per heavy atom. The first-order chi connectivity index (χ1) is 9.40. The highest BCUT2D eigenvalue weighted by Gasteiger charge is 2.14. The summed E-state index contributed by atoms with van der Waals surface area (Å²) in [6, 6.07) is 6.28. The van der Waals surface area contributed by atoms with Gasteiger partial charge in [-0.2, -0.15) is 0 Å². The van der Waals surface area contributed by atoms with Crippen LogP contribution in [-0.4, -0.2) is 29.8 Å². The zero-order chi connectivity index (χ0) is 15.1. The molecule has 1 aromatic carbocycles. The SMILES string of the molecule is CC(=O)N(CC(=O)NCc1ccccc1F)CC(C)C. The summed E-state index contributed by atoms with van der Waals surface area (Å²) in [6.45, 7) is 6.05. The van der Waals surface area contributed by atoms with E-state index in [0.29, 0.717) is 18.0 Å². The lowest BCUT2D eigenvalue weighted by Crippen LogP contribution is -2.41. The number of carbonyl (C=O) groups is 2. The molecule has 0 aliphatic rings. The lowest BCUT2D eigenvalue weighted by Gasteiger charge is -2.22. The van der Waals surface area contributed by atoms with E-state index in [4.69, 9.17) is 0 Å². The first-order valence-corrected chi connectivity index (χ1v) is 6.65. The van der Waals surface area contributed by atoms with Crippen LogP contribution in [0.4, 0.5) is 4.39 Å². The molecule has 110 valence electrons. The fraction of sp³-hybridized carbons (Fsp3) is 0.467. The molecular formula is C15H21FN2O2. The monoisotopic (exact) mass is 280 g/mol. The molecule has 0 aromatic heterocycles. The molecule has 2 amide bonds. The standard InChI is InChI=1S/C15H21FN2O2/c1-11(2)9-18(12(3)19)10-15(20)17-8-13-6-4-5-7-14(13)16/h4-7,11H,8-10H2,1-3H3,(H,17,20). The van der Waals surface area contributed by atoms with Gasteiger partial charge in [0.1, 0.15) is 5.82 Å². The number of halogens is 1. The van der Waals surface area contributed by atoms with Crippen LogP contribution in [0, 0.1) is 11.7 Å². The van der Waals surface area contributed by atoms with E-state index < -0.39 is 0 Å². The highest BCUT2D eigenvalue weighted by molar-refractivity contribution is 5.83. The van der Waals surface area contributed by atoms with Crippen molar-refractivity contribution < 1.29 is 14.0 Å². The number of benzene rings is 1. The number of amides is 2. The summed E-state index contributed by atoms with van der Waals surface area (Å²) >= 11 is 0. The zero-order valence-corrected chi connectivity index (χ0v) is 12.1. The normalized spacial score (nSPS) is 10.4. The largest absolute Gasteiger partial charge is 0.350 e. The van der Waals surface area contributed by atoms with Crippen LogP contribution in [0.1, 0.15) is 26.3 Å². The highest BCUT2D eigenvalue weighted by Crippen LogP contribution is 2.05. The van der Waals surface area contributed by atoms with E-state index in [2.05, 4.69) is 5.32 Å². The van der Waals surface area contributed by atoms with E-state index in [0.717, 1.165) is 0 Å². The summed E-state index contributed by atoms with van der Waals surface area (Å²) in [5, 5.41) is 2.63. The zero-order valence-electron chi connectivity index (χ0n) is 12.1. The van der Waals surface area contributed by atoms with Crippen molar-refractivity contribution in [3.8, 4) is 0 Å². The second-order valence-electron chi connectivity index (χ2n) is 5.16. The molecule has 0 aliphatic carbocycles. The van der Waals surface area contributed by atoms with Gasteiger partial charge in [-0.3, -0.25) is 9.59 Å². The fourth-order valence-electron chi connectivity index (χ4n) is 1.81. The predicted octanol–water partition coefficient (Wildman–Crippen LogP) is 1.95. The minimum absolute atomic E-state index is 0.00195. The topological polar surface area (TPSA) is 49.4 Å². The van der Waals surface area contributed by atoms with E-state index >= 15 is 0 Å². The van der Waals surface area contributed by atoms with E-state index in [-0.39, 0.29) is 30.7 Å². The fourth-order valence-corrected chi connectivity index (χ4v) is 1.81. The molecule has 1 N–H and O–H groups in total. The van der Waals surface area contributed by atoms with Gasteiger partial charge in [0.05, 0.1) is 6.54 Å². The van der Waals surface area contributed by atoms with Gasteiger partial charge < -0.3 is 10.2 Å². The van der Waals surface area contributed by atoms with Crippen molar-refractivity contribution in [1.82, 2.24) is 10.2 Å². The summed E-state index contributed by atoms with van der Waals surface area (Å²) in [6.07, 6.45) is 0. The molecule has 0 unspecified atom stereocenters. The Morgan fingerprint density at radius 3 is 2.50 bits per heavy atom. The number of rotatable bonds is 6. The summed E-state index contributed by atoms with van der Waals surface area (Å²) < 4.78 is 13.4. The van der Waals surface area contributed by atoms with Crippen LogP contribution in [0.25, 0.3) is 0 Å². The molecule has 0 fully saturated rings. The second kappa shape index (κ2) is 7.62. The minimum Gasteiger partial charge on any atom is -0.350 e. The van der Waals surface area contributed by atoms with Gasteiger partial charge in [0.2, 0.25) is 11.8 Å². The predicted molar refractivity (Wildman–Crippen MR) is 75.3 cm³/mol. The minimum atomic E-state index is -0.349. The van der Waals surface area contributed by atoms with Crippen molar-refractivity contribution in [2.24, 2.45) is 5.92 Å². The Kier molecular flexibility index (Phi) is 6.15. The van der Waals surface area contributed by atoms with E-state index in [1.165, 1.54) is 17.9 Å².